The second-order valence-electron chi connectivity index (χ2n) is 18.2. The number of aliphatic imine (C=N–C) groups is 6. The number of hydrogen-bond donors (Lipinski definition) is 0. The van der Waals surface area contributed by atoms with Gasteiger partial charge in [-0.1, -0.05) is 164 Å². The Bertz CT molecular complexity index is 2830. The Morgan fingerprint density at radius 1 is 0.261 bits per heavy atom. The molecular formula is C69H69FeIN11O8U2. The van der Waals surface area contributed by atoms with Gasteiger partial charge in [-0.25, -0.2) is 0 Å². The first-order chi connectivity index (χ1) is 42.3. The van der Waals surface area contributed by atoms with Gasteiger partial charge in [-0.15, -0.1) is 34.5 Å². The van der Waals surface area contributed by atoms with Crippen molar-refractivity contribution in [3.8, 4) is 34.5 Å². The van der Waals surface area contributed by atoms with E-state index in [9.17, 15) is 30.6 Å². The molecule has 0 atom stereocenters. The normalized spacial score (nSPS) is 10.4. The van der Waals surface area contributed by atoms with Crippen molar-refractivity contribution in [2.24, 2.45) is 30.0 Å². The zero-order chi connectivity index (χ0) is 60.8. The van der Waals surface area contributed by atoms with Crippen LogP contribution in [0.2, 0.25) is 0 Å². The maximum atomic E-state index is 11.8. The maximum Gasteiger partial charge on any atom is 4.00 e. The van der Waals surface area contributed by atoms with Crippen LogP contribution in [0.4, 0.5) is 0 Å². The minimum absolute atomic E-state index is 0. The van der Waals surface area contributed by atoms with Crippen molar-refractivity contribution >= 4 is 37.3 Å². The van der Waals surface area contributed by atoms with Crippen LogP contribution in [0.3, 0.4) is 0 Å². The minimum Gasteiger partial charge on any atom is -2.00 e. The predicted octanol–water partition coefficient (Wildman–Crippen LogP) is 3.74. The summed E-state index contributed by atoms with van der Waals surface area (Å²) >= 11 is 0. The second kappa shape index (κ2) is 56.5. The van der Waals surface area contributed by atoms with Gasteiger partial charge in [0.2, 0.25) is 0 Å². The standard InChI is InChI=1S/2C27H30N4O3.3C5H5N.Fe.HI.2O.2U/c2*32-25-10-4-1-7-22(25)19-28-13-16-31(17-14-29-20-23-8-2-5-11-26(23)33)18-15-30-21-24-9-3-6-12-27(24)34;3*1-2-4-6-5-3-1;;;;;;/h2*1-12,19-21,32-34H,13-18H2;3*1-5H;;1H;;;;/q;;;;;+3;;2*-2;2*+4/p-7. The van der Waals surface area contributed by atoms with Gasteiger partial charge in [0.1, 0.15) is 0 Å². The van der Waals surface area contributed by atoms with Crippen LogP contribution < -0.4 is 54.6 Å². The number of pyridine rings is 3. The average Bonchev–Trinajstić information content (AvgIpc) is 3.77. The fraction of sp³-hybridized carbons (Fsp3) is 0.174. The van der Waals surface area contributed by atoms with Gasteiger partial charge < -0.3 is 65.6 Å². The van der Waals surface area contributed by atoms with Crippen LogP contribution in [0.1, 0.15) is 33.4 Å². The van der Waals surface area contributed by atoms with Gasteiger partial charge in [0, 0.05) is 114 Å². The van der Waals surface area contributed by atoms with E-state index in [1.807, 2.05) is 91.0 Å². The molecular weight excluding hydrogens is 1770 g/mol. The van der Waals surface area contributed by atoms with E-state index in [1.165, 1.54) is 36.4 Å². The topological polar surface area (TPSA) is 315 Å². The van der Waals surface area contributed by atoms with Crippen LogP contribution in [0.15, 0.2) is 267 Å². The summed E-state index contributed by atoms with van der Waals surface area (Å²) in [5.74, 6) is -0.311. The third-order valence-electron chi connectivity index (χ3n) is 11.9. The van der Waals surface area contributed by atoms with Crippen LogP contribution in [0, 0.1) is 62.2 Å². The summed E-state index contributed by atoms with van der Waals surface area (Å²) in [7, 11) is 0. The van der Waals surface area contributed by atoms with E-state index in [4.69, 9.17) is 0 Å². The maximum absolute atomic E-state index is 11.8. The third-order valence-corrected chi connectivity index (χ3v) is 11.9. The van der Waals surface area contributed by atoms with Crippen LogP contribution >= 0.6 is 0 Å². The smallest absolute Gasteiger partial charge is 2.00 e. The molecule has 0 aliphatic heterocycles. The minimum atomic E-state index is -0.0518. The van der Waals surface area contributed by atoms with E-state index >= 15 is 0 Å². The number of nitrogens with zero attached hydrogens (tertiary/aromatic N) is 11. The summed E-state index contributed by atoms with van der Waals surface area (Å²) in [6, 6.07) is 57.8. The average molecular weight is 1840 g/mol. The summed E-state index contributed by atoms with van der Waals surface area (Å²) < 4.78 is 0. The van der Waals surface area contributed by atoms with E-state index in [0.29, 0.717) is 112 Å². The number of aromatic nitrogens is 3. The van der Waals surface area contributed by atoms with Crippen LogP contribution in [-0.4, -0.2) is 141 Å². The second-order valence-corrected chi connectivity index (χ2v) is 18.2. The van der Waals surface area contributed by atoms with E-state index in [0.717, 1.165) is 0 Å². The van der Waals surface area contributed by atoms with Gasteiger partial charge in [-0.3, -0.25) is 54.7 Å². The van der Waals surface area contributed by atoms with Gasteiger partial charge in [0.05, 0.1) is 39.3 Å². The number of rotatable bonds is 24. The van der Waals surface area contributed by atoms with Crippen molar-refractivity contribution in [3.63, 3.8) is 0 Å². The van der Waals surface area contributed by atoms with Crippen molar-refractivity contribution in [2.75, 3.05) is 78.5 Å². The molecule has 0 aliphatic carbocycles. The molecule has 0 spiro atoms. The summed E-state index contributed by atoms with van der Waals surface area (Å²) in [5.41, 5.74) is 3.39. The molecule has 0 unspecified atom stereocenters. The van der Waals surface area contributed by atoms with Gasteiger partial charge >= 0.3 is 79.3 Å². The molecule has 3 aromatic heterocycles. The zero-order valence-electron chi connectivity index (χ0n) is 50.4. The molecule has 92 heavy (non-hydrogen) atoms. The Morgan fingerprint density at radius 2 is 0.413 bits per heavy atom. The van der Waals surface area contributed by atoms with E-state index in [1.54, 1.807) is 147 Å². The van der Waals surface area contributed by atoms with Crippen LogP contribution in [0.25, 0.3) is 0 Å². The Morgan fingerprint density at radius 3 is 0.533 bits per heavy atom. The molecule has 9 rings (SSSR count). The van der Waals surface area contributed by atoms with E-state index in [2.05, 4.69) is 54.7 Å². The molecule has 3 heterocycles. The first-order valence-electron chi connectivity index (χ1n) is 27.8. The zero-order valence-corrected chi connectivity index (χ0v) is 62.0. The number of halogens is 1. The Hall–Kier alpha value is -7.22. The molecule has 23 heteroatoms. The molecule has 0 bridgehead atoms. The van der Waals surface area contributed by atoms with Gasteiger partial charge in [0.15, 0.2) is 0 Å². The quantitative estimate of drug-likeness (QED) is 0.0477. The van der Waals surface area contributed by atoms with Crippen molar-refractivity contribution in [1.82, 2.24) is 24.8 Å². The monoisotopic (exact) mass is 1840 g/mol. The fourth-order valence-electron chi connectivity index (χ4n) is 7.30. The van der Waals surface area contributed by atoms with Crippen molar-refractivity contribution in [2.45, 2.75) is 0 Å². The van der Waals surface area contributed by atoms with Crippen molar-refractivity contribution in [1.29, 1.82) is 0 Å². The SMILES string of the molecule is [Fe+3].[I-].[O-2].[O-2].[O-]c1ccccc1C=NCCN(CCN=Cc1ccccc1[O-])CCN=Cc1ccccc1[O-].[O-]c1ccccc1C=NCCN(CCN=Cc1ccccc1[O-])CCN=Cc1ccccc1[O-].[U+4].[U+4].c1ccncc1.c1ccncc1.c1ccncc1. The Labute approximate surface area is 614 Å². The summed E-state index contributed by atoms with van der Waals surface area (Å²) in [6.07, 6.45) is 20.1. The fourth-order valence-corrected chi connectivity index (χ4v) is 7.30. The Balaban J connectivity index is 0. The first-order valence-corrected chi connectivity index (χ1v) is 27.8. The molecule has 0 N–H and O–H groups in total. The molecule has 0 aliphatic rings. The largest absolute Gasteiger partial charge is 4.00 e. The van der Waals surface area contributed by atoms with Gasteiger partial charge in [-0.05, 0) is 69.8 Å². The van der Waals surface area contributed by atoms with Crippen molar-refractivity contribution < 1.29 is 145 Å². The number of hydrogen-bond acceptors (Lipinski definition) is 17. The van der Waals surface area contributed by atoms with Gasteiger partial charge in [-0.2, -0.15) is 0 Å². The number of benzene rings is 6. The molecule has 6 aromatic carbocycles. The van der Waals surface area contributed by atoms with Crippen LogP contribution in [-0.2, 0) is 28.0 Å². The van der Waals surface area contributed by atoms with Gasteiger partial charge in [0.25, 0.3) is 0 Å². The molecule has 0 saturated heterocycles. The summed E-state index contributed by atoms with van der Waals surface area (Å²) in [4.78, 5) is 42.0. The first kappa shape index (κ1) is 86.8. The van der Waals surface area contributed by atoms with Crippen molar-refractivity contribution in [3.05, 3.63) is 271 Å². The molecule has 9 aromatic rings. The van der Waals surface area contributed by atoms with E-state index < -0.39 is 0 Å². The van der Waals surface area contributed by atoms with Crippen LogP contribution in [0.5, 0.6) is 34.5 Å². The Kier molecular flexibility index (Phi) is 53.4. The third kappa shape index (κ3) is 39.2. The molecule has 19 nitrogen and oxygen atoms in total. The summed E-state index contributed by atoms with van der Waals surface area (Å²) in [6.45, 7) is 7.13. The molecule has 1 radical (unpaired) electrons. The summed E-state index contributed by atoms with van der Waals surface area (Å²) in [5, 5.41) is 70.8. The molecule has 0 saturated carbocycles. The predicted molar refractivity (Wildman–Crippen MR) is 337 cm³/mol. The molecule has 471 valence electrons. The molecule has 0 fully saturated rings. The number of para-hydroxylation sites is 6. The molecule has 0 amide bonds. The van der Waals surface area contributed by atoms with E-state index in [-0.39, 0.29) is 149 Å².